The highest BCUT2D eigenvalue weighted by Gasteiger charge is 2.20. The lowest BCUT2D eigenvalue weighted by Crippen LogP contribution is -2.30. The van der Waals surface area contributed by atoms with Gasteiger partial charge < -0.3 is 4.43 Å². The standard InChI is InChI=1S/C19H32OSi/c1-4-5-6-7-8-12-18-21(2,3)20-17-13-16-19-14-10-9-11-15-19/h9-11,13-16H,4-8,12,17-18H2,1-3H3. The Hall–Kier alpha value is -0.863. The van der Waals surface area contributed by atoms with Gasteiger partial charge in [-0.3, -0.25) is 0 Å². The number of benzene rings is 1. The van der Waals surface area contributed by atoms with Gasteiger partial charge in [0.1, 0.15) is 0 Å². The molecule has 0 aromatic heterocycles. The third-order valence-corrected chi connectivity index (χ3v) is 6.32. The highest BCUT2D eigenvalue weighted by atomic mass is 28.4. The molecule has 0 aliphatic carbocycles. The number of unbranched alkanes of at least 4 members (excludes halogenated alkanes) is 5. The molecule has 0 radical (unpaired) electrons. The van der Waals surface area contributed by atoms with Gasteiger partial charge in [-0.25, -0.2) is 0 Å². The fraction of sp³-hybridized carbons (Fsp3) is 0.579. The van der Waals surface area contributed by atoms with E-state index in [9.17, 15) is 0 Å². The van der Waals surface area contributed by atoms with Crippen molar-refractivity contribution in [2.75, 3.05) is 6.61 Å². The van der Waals surface area contributed by atoms with Crippen LogP contribution in [0.1, 0.15) is 51.0 Å². The molecule has 0 heterocycles. The third kappa shape index (κ3) is 9.65. The second-order valence-corrected chi connectivity index (χ2v) is 10.7. The van der Waals surface area contributed by atoms with Crippen LogP contribution >= 0.6 is 0 Å². The smallest absolute Gasteiger partial charge is 0.187 e. The van der Waals surface area contributed by atoms with Gasteiger partial charge in [0.25, 0.3) is 0 Å². The molecule has 0 saturated carbocycles. The van der Waals surface area contributed by atoms with Crippen LogP contribution in [-0.4, -0.2) is 14.9 Å². The Morgan fingerprint density at radius 2 is 1.62 bits per heavy atom. The van der Waals surface area contributed by atoms with E-state index in [1.54, 1.807) is 0 Å². The van der Waals surface area contributed by atoms with E-state index in [0.29, 0.717) is 0 Å². The topological polar surface area (TPSA) is 9.23 Å². The Kier molecular flexibility index (Phi) is 9.36. The molecule has 1 rings (SSSR count). The van der Waals surface area contributed by atoms with Crippen molar-refractivity contribution >= 4 is 14.4 Å². The average molecular weight is 305 g/mol. The molecule has 0 bridgehead atoms. The van der Waals surface area contributed by atoms with Gasteiger partial charge in [-0.2, -0.15) is 0 Å². The van der Waals surface area contributed by atoms with Crippen molar-refractivity contribution in [2.24, 2.45) is 0 Å². The average Bonchev–Trinajstić information content (AvgIpc) is 2.48. The molecule has 21 heavy (non-hydrogen) atoms. The van der Waals surface area contributed by atoms with Crippen LogP contribution in [0.15, 0.2) is 36.4 Å². The van der Waals surface area contributed by atoms with Crippen LogP contribution in [0.4, 0.5) is 0 Å². The molecule has 2 heteroatoms. The van der Waals surface area contributed by atoms with Crippen LogP contribution in [0.3, 0.4) is 0 Å². The van der Waals surface area contributed by atoms with Crippen molar-refractivity contribution in [3.8, 4) is 0 Å². The van der Waals surface area contributed by atoms with Crippen molar-refractivity contribution in [1.82, 2.24) is 0 Å². The van der Waals surface area contributed by atoms with E-state index in [1.807, 2.05) is 6.07 Å². The zero-order chi connectivity index (χ0) is 15.4. The van der Waals surface area contributed by atoms with Gasteiger partial charge in [0, 0.05) is 0 Å². The molecule has 1 nitrogen and oxygen atoms in total. The number of rotatable bonds is 11. The molecule has 118 valence electrons. The van der Waals surface area contributed by atoms with Gasteiger partial charge in [-0.05, 0) is 24.7 Å². The highest BCUT2D eigenvalue weighted by Crippen LogP contribution is 2.17. The van der Waals surface area contributed by atoms with Crippen LogP contribution in [0.2, 0.25) is 19.1 Å². The Morgan fingerprint density at radius 1 is 0.952 bits per heavy atom. The van der Waals surface area contributed by atoms with Crippen molar-refractivity contribution in [3.05, 3.63) is 42.0 Å². The summed E-state index contributed by atoms with van der Waals surface area (Å²) in [5.74, 6) is 0. The molecule has 1 aromatic rings. The maximum Gasteiger partial charge on any atom is 0.187 e. The van der Waals surface area contributed by atoms with E-state index in [0.717, 1.165) is 6.61 Å². The second kappa shape index (κ2) is 10.8. The molecule has 0 fully saturated rings. The van der Waals surface area contributed by atoms with E-state index >= 15 is 0 Å². The van der Waals surface area contributed by atoms with Gasteiger partial charge >= 0.3 is 0 Å². The van der Waals surface area contributed by atoms with Gasteiger partial charge in [-0.1, -0.05) is 87.9 Å². The first kappa shape index (κ1) is 18.2. The van der Waals surface area contributed by atoms with Crippen molar-refractivity contribution < 1.29 is 4.43 Å². The molecular formula is C19H32OSi. The SMILES string of the molecule is CCCCCCCC[Si](C)(C)OCC=Cc1ccccc1. The summed E-state index contributed by atoms with van der Waals surface area (Å²) in [4.78, 5) is 0. The molecule has 0 atom stereocenters. The summed E-state index contributed by atoms with van der Waals surface area (Å²) >= 11 is 0. The lowest BCUT2D eigenvalue weighted by atomic mass is 10.1. The summed E-state index contributed by atoms with van der Waals surface area (Å²) in [6.45, 7) is 7.71. The van der Waals surface area contributed by atoms with Gasteiger partial charge in [-0.15, -0.1) is 0 Å². The molecule has 0 aliphatic rings. The lowest BCUT2D eigenvalue weighted by molar-refractivity contribution is 0.350. The molecule has 0 saturated heterocycles. The molecule has 0 unspecified atom stereocenters. The first-order valence-corrected chi connectivity index (χ1v) is 11.6. The van der Waals surface area contributed by atoms with E-state index in [-0.39, 0.29) is 0 Å². The first-order valence-electron chi connectivity index (χ1n) is 8.49. The molecule has 0 aliphatic heterocycles. The van der Waals surface area contributed by atoms with E-state index < -0.39 is 8.32 Å². The minimum absolute atomic E-state index is 0.754. The monoisotopic (exact) mass is 304 g/mol. The van der Waals surface area contributed by atoms with Gasteiger partial charge in [0.2, 0.25) is 0 Å². The summed E-state index contributed by atoms with van der Waals surface area (Å²) in [7, 11) is -1.46. The Bertz CT molecular complexity index is 384. The number of hydrogen-bond donors (Lipinski definition) is 0. The normalized spacial score (nSPS) is 12.1. The zero-order valence-corrected chi connectivity index (χ0v) is 15.1. The van der Waals surface area contributed by atoms with Crippen molar-refractivity contribution in [2.45, 2.75) is 64.6 Å². The zero-order valence-electron chi connectivity index (χ0n) is 14.1. The van der Waals surface area contributed by atoms with E-state index in [2.05, 4.69) is 56.4 Å². The van der Waals surface area contributed by atoms with Crippen LogP contribution in [0.25, 0.3) is 6.08 Å². The van der Waals surface area contributed by atoms with Crippen molar-refractivity contribution in [3.63, 3.8) is 0 Å². The molecule has 0 amide bonds. The largest absolute Gasteiger partial charge is 0.414 e. The van der Waals surface area contributed by atoms with E-state index in [4.69, 9.17) is 4.43 Å². The first-order chi connectivity index (χ1) is 10.1. The van der Waals surface area contributed by atoms with Crippen LogP contribution < -0.4 is 0 Å². The van der Waals surface area contributed by atoms with Crippen LogP contribution in [-0.2, 0) is 4.43 Å². The van der Waals surface area contributed by atoms with Crippen LogP contribution in [0, 0.1) is 0 Å². The predicted octanol–water partition coefficient (Wildman–Crippen LogP) is 6.28. The van der Waals surface area contributed by atoms with Crippen molar-refractivity contribution in [1.29, 1.82) is 0 Å². The summed E-state index contributed by atoms with van der Waals surface area (Å²) in [6, 6.07) is 11.7. The molecule has 1 aromatic carbocycles. The summed E-state index contributed by atoms with van der Waals surface area (Å²) in [6.07, 6.45) is 12.5. The lowest BCUT2D eigenvalue weighted by Gasteiger charge is -2.21. The summed E-state index contributed by atoms with van der Waals surface area (Å²) in [5, 5.41) is 0. The Balaban J connectivity index is 2.13. The predicted molar refractivity (Wildman–Crippen MR) is 97.1 cm³/mol. The molecule has 0 N–H and O–H groups in total. The molecule has 0 spiro atoms. The second-order valence-electron chi connectivity index (χ2n) is 6.40. The quantitative estimate of drug-likeness (QED) is 0.345. The minimum atomic E-state index is -1.46. The number of hydrogen-bond acceptors (Lipinski definition) is 1. The fourth-order valence-corrected chi connectivity index (χ4v) is 4.22. The maximum absolute atomic E-state index is 6.13. The summed E-state index contributed by atoms with van der Waals surface area (Å²) < 4.78 is 6.13. The maximum atomic E-state index is 6.13. The van der Waals surface area contributed by atoms with Crippen LogP contribution in [0.5, 0.6) is 0 Å². The minimum Gasteiger partial charge on any atom is -0.414 e. The van der Waals surface area contributed by atoms with Gasteiger partial charge in [0.15, 0.2) is 8.32 Å². The fourth-order valence-electron chi connectivity index (χ4n) is 2.43. The summed E-state index contributed by atoms with van der Waals surface area (Å²) in [5.41, 5.74) is 1.25. The van der Waals surface area contributed by atoms with E-state index in [1.165, 1.54) is 50.1 Å². The van der Waals surface area contributed by atoms with Gasteiger partial charge in [0.05, 0.1) is 6.61 Å². The highest BCUT2D eigenvalue weighted by molar-refractivity contribution is 6.71. The Morgan fingerprint density at radius 3 is 2.33 bits per heavy atom. The Labute approximate surface area is 132 Å². The third-order valence-electron chi connectivity index (χ3n) is 3.81. The molecular weight excluding hydrogens is 272 g/mol.